The molecular weight excluding hydrogens is 230 g/mol. The van der Waals surface area contributed by atoms with Gasteiger partial charge in [0, 0.05) is 6.54 Å². The minimum atomic E-state index is 0.0746. The highest BCUT2D eigenvalue weighted by molar-refractivity contribution is 7.80. The maximum absolute atomic E-state index is 5.44. The molecule has 2 N–H and O–H groups in total. The van der Waals surface area contributed by atoms with Gasteiger partial charge in [-0.1, -0.05) is 32.6 Å². The van der Waals surface area contributed by atoms with Crippen molar-refractivity contribution in [2.75, 3.05) is 6.54 Å². The van der Waals surface area contributed by atoms with E-state index in [1.165, 1.54) is 57.8 Å². The van der Waals surface area contributed by atoms with E-state index >= 15 is 0 Å². The topological polar surface area (TPSA) is 27.3 Å². The summed E-state index contributed by atoms with van der Waals surface area (Å²) in [5, 5.41) is 6.60. The fraction of sp³-hybridized carbons (Fsp3) is 0.923. The molecule has 1 saturated heterocycles. The zero-order valence-corrected chi connectivity index (χ0v) is 11.7. The van der Waals surface area contributed by atoms with Gasteiger partial charge in [-0.05, 0) is 44.3 Å². The normalized spacial score (nSPS) is 24.5. The highest BCUT2D eigenvalue weighted by Crippen LogP contribution is 2.27. The van der Waals surface area contributed by atoms with Gasteiger partial charge in [0.1, 0.15) is 5.66 Å². The predicted octanol–water partition coefficient (Wildman–Crippen LogP) is 2.92. The minimum absolute atomic E-state index is 0.0746. The van der Waals surface area contributed by atoms with E-state index in [1.54, 1.807) is 0 Å². The second kappa shape index (κ2) is 6.01. The van der Waals surface area contributed by atoms with Gasteiger partial charge in [0.2, 0.25) is 0 Å². The molecule has 0 atom stereocenters. The van der Waals surface area contributed by atoms with Crippen LogP contribution in [0.25, 0.3) is 0 Å². The Labute approximate surface area is 110 Å². The summed E-state index contributed by atoms with van der Waals surface area (Å²) < 4.78 is 0. The second-order valence-corrected chi connectivity index (χ2v) is 5.78. The number of thiocarbonyl (C=S) groups is 1. The fourth-order valence-electron chi connectivity index (χ4n) is 2.83. The molecule has 1 saturated carbocycles. The van der Waals surface area contributed by atoms with Gasteiger partial charge in [0.05, 0.1) is 0 Å². The van der Waals surface area contributed by atoms with Gasteiger partial charge in [-0.2, -0.15) is 0 Å². The van der Waals surface area contributed by atoms with Crippen molar-refractivity contribution >= 4 is 17.3 Å². The molecule has 2 rings (SSSR count). The third-order valence-corrected chi connectivity index (χ3v) is 4.21. The molecule has 1 heterocycles. The molecule has 0 aromatic rings. The van der Waals surface area contributed by atoms with Gasteiger partial charge >= 0.3 is 0 Å². The molecule has 0 aromatic carbocycles. The summed E-state index contributed by atoms with van der Waals surface area (Å²) in [5.74, 6) is 0. The Balaban J connectivity index is 1.93. The molecule has 0 bridgehead atoms. The van der Waals surface area contributed by atoms with Gasteiger partial charge in [-0.3, -0.25) is 5.01 Å². The molecule has 1 aliphatic carbocycles. The minimum Gasteiger partial charge on any atom is -0.342 e. The first kappa shape index (κ1) is 13.1. The van der Waals surface area contributed by atoms with E-state index in [-0.39, 0.29) is 5.66 Å². The summed E-state index contributed by atoms with van der Waals surface area (Å²) in [6.45, 7) is 3.25. The SMILES string of the molecule is CCCCN1NC2(CCCCCCC2)NC1=S. The highest BCUT2D eigenvalue weighted by Gasteiger charge is 2.38. The van der Waals surface area contributed by atoms with Gasteiger partial charge in [0.25, 0.3) is 0 Å². The van der Waals surface area contributed by atoms with Crippen molar-refractivity contribution in [2.45, 2.75) is 70.4 Å². The average molecular weight is 255 g/mol. The van der Waals surface area contributed by atoms with Crippen molar-refractivity contribution in [3.8, 4) is 0 Å². The van der Waals surface area contributed by atoms with Crippen molar-refractivity contribution in [1.29, 1.82) is 0 Å². The lowest BCUT2D eigenvalue weighted by Crippen LogP contribution is -2.51. The van der Waals surface area contributed by atoms with Crippen molar-refractivity contribution in [3.05, 3.63) is 0 Å². The van der Waals surface area contributed by atoms with E-state index in [4.69, 9.17) is 12.2 Å². The van der Waals surface area contributed by atoms with Gasteiger partial charge in [-0.25, -0.2) is 5.43 Å². The molecule has 4 heteroatoms. The lowest BCUT2D eigenvalue weighted by Gasteiger charge is -2.31. The first-order valence-corrected chi connectivity index (χ1v) is 7.54. The van der Waals surface area contributed by atoms with Crippen LogP contribution < -0.4 is 10.7 Å². The molecular formula is C13H25N3S. The highest BCUT2D eigenvalue weighted by atomic mass is 32.1. The summed E-state index contributed by atoms with van der Waals surface area (Å²) >= 11 is 5.44. The van der Waals surface area contributed by atoms with E-state index < -0.39 is 0 Å². The molecule has 2 fully saturated rings. The lowest BCUT2D eigenvalue weighted by molar-refractivity contribution is 0.175. The number of hydrogen-bond acceptors (Lipinski definition) is 2. The van der Waals surface area contributed by atoms with Crippen LogP contribution in [0.4, 0.5) is 0 Å². The van der Waals surface area contributed by atoms with Crippen LogP contribution in [0.2, 0.25) is 0 Å². The molecule has 1 aliphatic heterocycles. The van der Waals surface area contributed by atoms with Crippen LogP contribution in [0.3, 0.4) is 0 Å². The van der Waals surface area contributed by atoms with E-state index in [0.29, 0.717) is 0 Å². The Hall–Kier alpha value is -0.350. The summed E-state index contributed by atoms with van der Waals surface area (Å²) in [6, 6.07) is 0. The molecule has 2 aliphatic rings. The molecule has 17 heavy (non-hydrogen) atoms. The summed E-state index contributed by atoms with van der Waals surface area (Å²) in [5.41, 5.74) is 3.71. The van der Waals surface area contributed by atoms with Crippen molar-refractivity contribution in [3.63, 3.8) is 0 Å². The van der Waals surface area contributed by atoms with Crippen LogP contribution in [0, 0.1) is 0 Å². The first-order valence-electron chi connectivity index (χ1n) is 7.13. The number of nitrogens with one attached hydrogen (secondary N) is 2. The smallest absolute Gasteiger partial charge is 0.185 e. The quantitative estimate of drug-likeness (QED) is 0.758. The van der Waals surface area contributed by atoms with Crippen LogP contribution in [-0.2, 0) is 0 Å². The Kier molecular flexibility index (Phi) is 4.62. The van der Waals surface area contributed by atoms with Crippen LogP contribution in [0.15, 0.2) is 0 Å². The van der Waals surface area contributed by atoms with Gasteiger partial charge in [-0.15, -0.1) is 0 Å². The van der Waals surface area contributed by atoms with E-state index in [9.17, 15) is 0 Å². The van der Waals surface area contributed by atoms with Crippen LogP contribution in [0.1, 0.15) is 64.7 Å². The molecule has 0 unspecified atom stereocenters. The first-order chi connectivity index (χ1) is 8.26. The Morgan fingerprint density at radius 3 is 2.47 bits per heavy atom. The molecule has 0 radical (unpaired) electrons. The number of hydrogen-bond donors (Lipinski definition) is 2. The molecule has 98 valence electrons. The maximum atomic E-state index is 5.44. The maximum Gasteiger partial charge on any atom is 0.185 e. The fourth-order valence-corrected chi connectivity index (χ4v) is 3.16. The van der Waals surface area contributed by atoms with Gasteiger partial charge < -0.3 is 5.32 Å². The number of rotatable bonds is 3. The Morgan fingerprint density at radius 2 is 1.82 bits per heavy atom. The third-order valence-electron chi connectivity index (χ3n) is 3.88. The summed E-state index contributed by atoms with van der Waals surface area (Å²) in [4.78, 5) is 0. The van der Waals surface area contributed by atoms with Crippen LogP contribution in [0.5, 0.6) is 0 Å². The lowest BCUT2D eigenvalue weighted by atomic mass is 9.92. The zero-order valence-electron chi connectivity index (χ0n) is 10.9. The Bertz CT molecular complexity index is 259. The number of nitrogens with zero attached hydrogens (tertiary/aromatic N) is 1. The predicted molar refractivity (Wildman–Crippen MR) is 75.5 cm³/mol. The summed E-state index contributed by atoms with van der Waals surface area (Å²) in [7, 11) is 0. The van der Waals surface area contributed by atoms with Crippen molar-refractivity contribution in [1.82, 2.24) is 15.8 Å². The largest absolute Gasteiger partial charge is 0.342 e. The molecule has 3 nitrogen and oxygen atoms in total. The summed E-state index contributed by atoms with van der Waals surface area (Å²) in [6.07, 6.45) is 11.6. The zero-order chi connectivity index (χ0) is 12.1. The van der Waals surface area contributed by atoms with E-state index in [0.717, 1.165) is 11.7 Å². The Morgan fingerprint density at radius 1 is 1.18 bits per heavy atom. The third kappa shape index (κ3) is 3.32. The molecule has 1 spiro atoms. The van der Waals surface area contributed by atoms with Crippen molar-refractivity contribution in [2.24, 2.45) is 0 Å². The van der Waals surface area contributed by atoms with Crippen LogP contribution in [-0.4, -0.2) is 22.3 Å². The molecule has 0 amide bonds. The monoisotopic (exact) mass is 255 g/mol. The van der Waals surface area contributed by atoms with Crippen molar-refractivity contribution < 1.29 is 0 Å². The van der Waals surface area contributed by atoms with E-state index in [2.05, 4.69) is 22.7 Å². The van der Waals surface area contributed by atoms with Crippen LogP contribution >= 0.6 is 12.2 Å². The number of hydrazine groups is 1. The molecule has 0 aromatic heterocycles. The van der Waals surface area contributed by atoms with Gasteiger partial charge in [0.15, 0.2) is 5.11 Å². The standard InChI is InChI=1S/C13H25N3S/c1-2-3-11-16-12(17)14-13(15-16)9-7-5-4-6-8-10-13/h15H,2-11H2,1H3,(H,14,17). The van der Waals surface area contributed by atoms with E-state index in [1.807, 2.05) is 0 Å². The second-order valence-electron chi connectivity index (χ2n) is 5.40. The average Bonchev–Trinajstić information content (AvgIpc) is 2.60. The number of unbranched alkanes of at least 4 members (excludes halogenated alkanes) is 1.